The highest BCUT2D eigenvalue weighted by Gasteiger charge is 2.17. The number of amidine groups is 1. The van der Waals surface area contributed by atoms with E-state index < -0.39 is 0 Å². The summed E-state index contributed by atoms with van der Waals surface area (Å²) >= 11 is 0. The van der Waals surface area contributed by atoms with Crippen molar-refractivity contribution in [1.29, 1.82) is 0 Å². The molecule has 0 bridgehead atoms. The van der Waals surface area contributed by atoms with Gasteiger partial charge in [-0.1, -0.05) is 30.4 Å². The second-order valence-electron chi connectivity index (χ2n) is 7.44. The average molecular weight is 394 g/mol. The molecule has 152 valence electrons. The molecule has 29 heavy (non-hydrogen) atoms. The summed E-state index contributed by atoms with van der Waals surface area (Å²) < 4.78 is 20.8. The van der Waals surface area contributed by atoms with Crippen molar-refractivity contribution in [3.05, 3.63) is 63.3 Å². The van der Waals surface area contributed by atoms with Gasteiger partial charge in [0, 0.05) is 17.7 Å². The maximum Gasteiger partial charge on any atom is 0.128 e. The number of halogens is 1. The molecule has 0 unspecified atom stereocenters. The van der Waals surface area contributed by atoms with E-state index in [1.54, 1.807) is 6.07 Å². The fourth-order valence-electron chi connectivity index (χ4n) is 4.07. The largest absolute Gasteiger partial charge is 0.493 e. The fourth-order valence-corrected chi connectivity index (χ4v) is 4.07. The van der Waals surface area contributed by atoms with Crippen molar-refractivity contribution in [2.75, 3.05) is 26.2 Å². The first-order chi connectivity index (χ1) is 14.3. The summed E-state index contributed by atoms with van der Waals surface area (Å²) in [7, 11) is 0. The number of nitrogens with one attached hydrogen (secondary N) is 1. The van der Waals surface area contributed by atoms with Crippen molar-refractivity contribution >= 4 is 18.0 Å². The summed E-state index contributed by atoms with van der Waals surface area (Å²) in [6.07, 6.45) is 8.77. The van der Waals surface area contributed by atoms with Crippen molar-refractivity contribution in [3.63, 3.8) is 0 Å². The van der Waals surface area contributed by atoms with E-state index in [1.165, 1.54) is 16.5 Å². The van der Waals surface area contributed by atoms with E-state index in [1.807, 2.05) is 12.1 Å². The molecule has 1 heterocycles. The average Bonchev–Trinajstić information content (AvgIpc) is 3.28. The quantitative estimate of drug-likeness (QED) is 0.675. The Morgan fingerprint density at radius 2 is 1.93 bits per heavy atom. The summed E-state index contributed by atoms with van der Waals surface area (Å²) in [6.45, 7) is 2.74. The smallest absolute Gasteiger partial charge is 0.128 e. The SMILES string of the molecule is NCCCOc1ccc2c(c1CCc1c(F)cccc1C1=NCCN1)=CCCC=2. The van der Waals surface area contributed by atoms with Crippen LogP contribution in [-0.4, -0.2) is 32.1 Å². The molecule has 2 aliphatic rings. The molecule has 0 fully saturated rings. The number of ether oxygens (including phenoxy) is 1. The van der Waals surface area contributed by atoms with Crippen LogP contribution in [0.15, 0.2) is 35.3 Å². The molecule has 0 saturated heterocycles. The van der Waals surface area contributed by atoms with Crippen LogP contribution in [0.25, 0.3) is 12.2 Å². The van der Waals surface area contributed by atoms with E-state index in [0.717, 1.165) is 55.1 Å². The highest BCUT2D eigenvalue weighted by Crippen LogP contribution is 2.21. The predicted octanol–water partition coefficient (Wildman–Crippen LogP) is 2.04. The number of benzene rings is 2. The maximum atomic E-state index is 14.8. The number of hydrogen-bond donors (Lipinski definition) is 2. The van der Waals surface area contributed by atoms with Gasteiger partial charge < -0.3 is 15.8 Å². The minimum Gasteiger partial charge on any atom is -0.493 e. The number of hydrogen-bond acceptors (Lipinski definition) is 4. The molecule has 0 amide bonds. The number of nitrogens with zero attached hydrogens (tertiary/aromatic N) is 1. The lowest BCUT2D eigenvalue weighted by Gasteiger charge is -2.16. The molecule has 3 N–H and O–H groups in total. The van der Waals surface area contributed by atoms with Crippen LogP contribution < -0.4 is 26.2 Å². The van der Waals surface area contributed by atoms with Gasteiger partial charge in [-0.05, 0) is 66.8 Å². The Kier molecular flexibility index (Phi) is 6.25. The fraction of sp³-hybridized carbons (Fsp3) is 0.375. The molecule has 0 radical (unpaired) electrons. The highest BCUT2D eigenvalue weighted by molar-refractivity contribution is 6.01. The van der Waals surface area contributed by atoms with Gasteiger partial charge in [0.25, 0.3) is 0 Å². The van der Waals surface area contributed by atoms with Gasteiger partial charge in [0.1, 0.15) is 17.4 Å². The van der Waals surface area contributed by atoms with E-state index >= 15 is 0 Å². The number of aliphatic imine (C=N–C) groups is 1. The van der Waals surface area contributed by atoms with Gasteiger partial charge in [-0.25, -0.2) is 4.39 Å². The van der Waals surface area contributed by atoms with Crippen molar-refractivity contribution in [2.45, 2.75) is 32.1 Å². The van der Waals surface area contributed by atoms with Crippen LogP contribution in [0.2, 0.25) is 0 Å². The van der Waals surface area contributed by atoms with Gasteiger partial charge in [0.2, 0.25) is 0 Å². The lowest BCUT2D eigenvalue weighted by atomic mass is 9.94. The predicted molar refractivity (Wildman–Crippen MR) is 116 cm³/mol. The van der Waals surface area contributed by atoms with Crippen LogP contribution in [-0.2, 0) is 12.8 Å². The highest BCUT2D eigenvalue weighted by atomic mass is 19.1. The molecule has 0 spiro atoms. The second-order valence-corrected chi connectivity index (χ2v) is 7.44. The van der Waals surface area contributed by atoms with Gasteiger partial charge in [-0.3, -0.25) is 4.99 Å². The molecule has 0 aromatic heterocycles. The van der Waals surface area contributed by atoms with Gasteiger partial charge >= 0.3 is 0 Å². The lowest BCUT2D eigenvalue weighted by Crippen LogP contribution is -2.31. The monoisotopic (exact) mass is 393 g/mol. The zero-order valence-electron chi connectivity index (χ0n) is 16.7. The summed E-state index contributed by atoms with van der Waals surface area (Å²) in [5, 5.41) is 5.75. The minimum absolute atomic E-state index is 0.176. The Morgan fingerprint density at radius 3 is 2.76 bits per heavy atom. The molecule has 0 atom stereocenters. The third-order valence-corrected chi connectivity index (χ3v) is 5.51. The van der Waals surface area contributed by atoms with E-state index in [-0.39, 0.29) is 5.82 Å². The first kappa shape index (κ1) is 19.6. The minimum atomic E-state index is -0.176. The normalized spacial score (nSPS) is 15.0. The molecule has 1 aliphatic carbocycles. The van der Waals surface area contributed by atoms with Crippen molar-refractivity contribution in [3.8, 4) is 5.75 Å². The Labute approximate surface area is 171 Å². The molecule has 0 saturated carbocycles. The van der Waals surface area contributed by atoms with Crippen LogP contribution in [0.4, 0.5) is 4.39 Å². The molecule has 1 aliphatic heterocycles. The van der Waals surface area contributed by atoms with Crippen molar-refractivity contribution in [2.24, 2.45) is 10.7 Å². The Bertz CT molecular complexity index is 1030. The number of rotatable bonds is 8. The standard InChI is InChI=1S/C24H28FN3O/c25-22-8-3-7-21(24-27-14-15-28-24)19(22)10-11-20-18-6-2-1-5-17(18)9-12-23(20)29-16-4-13-26/h3,5-9,12H,1-2,4,10-11,13-16,26H2,(H,27,28). The molecular weight excluding hydrogens is 365 g/mol. The van der Waals surface area contributed by atoms with Gasteiger partial charge in [0.05, 0.1) is 13.2 Å². The zero-order chi connectivity index (χ0) is 20.1. The van der Waals surface area contributed by atoms with Crippen molar-refractivity contribution in [1.82, 2.24) is 5.32 Å². The van der Waals surface area contributed by atoms with Gasteiger partial charge in [-0.15, -0.1) is 0 Å². The first-order valence-electron chi connectivity index (χ1n) is 10.5. The van der Waals surface area contributed by atoms with Gasteiger partial charge in [0.15, 0.2) is 0 Å². The summed E-state index contributed by atoms with van der Waals surface area (Å²) in [5.41, 5.74) is 8.36. The molecular formula is C24H28FN3O. The van der Waals surface area contributed by atoms with E-state index in [4.69, 9.17) is 10.5 Å². The molecule has 5 heteroatoms. The van der Waals surface area contributed by atoms with Crippen LogP contribution in [0.5, 0.6) is 5.75 Å². The maximum absolute atomic E-state index is 14.8. The van der Waals surface area contributed by atoms with Gasteiger partial charge in [-0.2, -0.15) is 0 Å². The first-order valence-corrected chi connectivity index (χ1v) is 10.5. The molecule has 4 nitrogen and oxygen atoms in total. The summed E-state index contributed by atoms with van der Waals surface area (Å²) in [4.78, 5) is 4.49. The Hall–Kier alpha value is -2.66. The number of nitrogens with two attached hydrogens (primary N) is 1. The van der Waals surface area contributed by atoms with Crippen LogP contribution in [0.1, 0.15) is 36.0 Å². The third-order valence-electron chi connectivity index (χ3n) is 5.51. The van der Waals surface area contributed by atoms with E-state index in [2.05, 4.69) is 28.5 Å². The Morgan fingerprint density at radius 1 is 1.07 bits per heavy atom. The third kappa shape index (κ3) is 4.35. The van der Waals surface area contributed by atoms with Crippen LogP contribution in [0, 0.1) is 5.82 Å². The lowest BCUT2D eigenvalue weighted by molar-refractivity contribution is 0.309. The Balaban J connectivity index is 1.67. The van der Waals surface area contributed by atoms with Crippen LogP contribution >= 0.6 is 0 Å². The van der Waals surface area contributed by atoms with E-state index in [9.17, 15) is 4.39 Å². The molecule has 4 rings (SSSR count). The molecule has 2 aromatic rings. The second kappa shape index (κ2) is 9.23. The van der Waals surface area contributed by atoms with Crippen molar-refractivity contribution < 1.29 is 9.13 Å². The van der Waals surface area contributed by atoms with Crippen LogP contribution in [0.3, 0.4) is 0 Å². The number of fused-ring (bicyclic) bond motifs is 1. The topological polar surface area (TPSA) is 59.6 Å². The summed E-state index contributed by atoms with van der Waals surface area (Å²) in [6, 6.07) is 9.41. The zero-order valence-corrected chi connectivity index (χ0v) is 16.7. The summed E-state index contributed by atoms with van der Waals surface area (Å²) in [5.74, 6) is 1.51. The van der Waals surface area contributed by atoms with E-state index in [0.29, 0.717) is 31.6 Å². The molecule has 2 aromatic carbocycles.